The quantitative estimate of drug-likeness (QED) is 0.656. The fourth-order valence-corrected chi connectivity index (χ4v) is 5.86. The van der Waals surface area contributed by atoms with Gasteiger partial charge in [-0.25, -0.2) is 0 Å². The molecule has 4 heteroatoms. The third-order valence-corrected chi connectivity index (χ3v) is 7.54. The summed E-state index contributed by atoms with van der Waals surface area (Å²) in [7, 11) is -2.27. The third kappa shape index (κ3) is 3.91. The number of ether oxygens (including phenoxy) is 1. The molecule has 1 atom stereocenters. The van der Waals surface area contributed by atoms with Crippen molar-refractivity contribution >= 4 is 13.7 Å². The average molecular weight is 294 g/mol. The summed E-state index contributed by atoms with van der Waals surface area (Å²) < 4.78 is 17.8. The molecule has 0 saturated carbocycles. The highest BCUT2D eigenvalue weighted by atomic mass is 28.4. The van der Waals surface area contributed by atoms with Gasteiger partial charge in [-0.05, 0) is 24.6 Å². The molecule has 1 saturated heterocycles. The molecule has 3 nitrogen and oxygen atoms in total. The Morgan fingerprint density at radius 3 is 2.45 bits per heavy atom. The van der Waals surface area contributed by atoms with Crippen molar-refractivity contribution in [2.24, 2.45) is 5.92 Å². The zero-order valence-electron chi connectivity index (χ0n) is 12.6. The molecule has 112 valence electrons. The monoisotopic (exact) mass is 294 g/mol. The van der Waals surface area contributed by atoms with E-state index in [2.05, 4.69) is 38.1 Å². The molecule has 0 aromatic heterocycles. The van der Waals surface area contributed by atoms with E-state index < -0.39 is 8.56 Å². The highest BCUT2D eigenvalue weighted by Gasteiger charge is 2.39. The number of benzene rings is 1. The number of rotatable bonds is 9. The van der Waals surface area contributed by atoms with Crippen molar-refractivity contribution in [3.63, 3.8) is 0 Å². The van der Waals surface area contributed by atoms with Gasteiger partial charge in [-0.15, -0.1) is 0 Å². The molecule has 0 amide bonds. The molecule has 1 unspecified atom stereocenters. The average Bonchev–Trinajstić information content (AvgIpc) is 2.43. The van der Waals surface area contributed by atoms with Gasteiger partial charge in [0.05, 0.1) is 13.2 Å². The Hall–Kier alpha value is -0.683. The minimum absolute atomic E-state index is 0.681. The van der Waals surface area contributed by atoms with Gasteiger partial charge in [0.1, 0.15) is 0 Å². The Morgan fingerprint density at radius 1 is 1.15 bits per heavy atom. The summed E-state index contributed by atoms with van der Waals surface area (Å²) in [6.07, 6.45) is 2.17. The first kappa shape index (κ1) is 15.7. The molecule has 1 aliphatic rings. The van der Waals surface area contributed by atoms with E-state index in [-0.39, 0.29) is 0 Å². The van der Waals surface area contributed by atoms with Gasteiger partial charge < -0.3 is 13.6 Å². The number of hydrogen-bond donors (Lipinski definition) is 0. The van der Waals surface area contributed by atoms with Crippen LogP contribution in [0.4, 0.5) is 0 Å². The Morgan fingerprint density at radius 2 is 1.90 bits per heavy atom. The van der Waals surface area contributed by atoms with Crippen molar-refractivity contribution in [1.29, 1.82) is 0 Å². The van der Waals surface area contributed by atoms with Crippen molar-refractivity contribution in [1.82, 2.24) is 0 Å². The molecule has 0 radical (unpaired) electrons. The fraction of sp³-hybridized carbons (Fsp3) is 0.625. The molecule has 2 rings (SSSR count). The first-order chi connectivity index (χ1) is 9.80. The van der Waals surface area contributed by atoms with E-state index in [1.807, 2.05) is 6.07 Å². The Balaban J connectivity index is 2.04. The molecular weight excluding hydrogens is 268 g/mol. The van der Waals surface area contributed by atoms with E-state index in [9.17, 15) is 0 Å². The summed E-state index contributed by atoms with van der Waals surface area (Å²) in [6, 6.07) is 11.5. The van der Waals surface area contributed by atoms with Gasteiger partial charge in [0.2, 0.25) is 0 Å². The molecule has 0 N–H and O–H groups in total. The van der Waals surface area contributed by atoms with Crippen LogP contribution in [-0.2, 0) is 13.6 Å². The molecule has 1 aromatic carbocycles. The second kappa shape index (κ2) is 7.93. The summed E-state index contributed by atoms with van der Waals surface area (Å²) in [5, 5.41) is 1.26. The largest absolute Gasteiger partial charge is 0.391 e. The van der Waals surface area contributed by atoms with E-state index in [1.54, 1.807) is 0 Å². The van der Waals surface area contributed by atoms with E-state index in [0.29, 0.717) is 12.5 Å². The van der Waals surface area contributed by atoms with Crippen LogP contribution in [0, 0.1) is 5.92 Å². The van der Waals surface area contributed by atoms with Crippen molar-refractivity contribution in [2.75, 3.05) is 26.4 Å². The van der Waals surface area contributed by atoms with Gasteiger partial charge in [0, 0.05) is 19.1 Å². The van der Waals surface area contributed by atoms with Crippen LogP contribution in [0.2, 0.25) is 6.04 Å². The lowest BCUT2D eigenvalue weighted by atomic mass is 10.1. The molecule has 1 aliphatic heterocycles. The maximum absolute atomic E-state index is 6.36. The zero-order valence-corrected chi connectivity index (χ0v) is 13.6. The Labute approximate surface area is 123 Å². The summed E-state index contributed by atoms with van der Waals surface area (Å²) in [6.45, 7) is 7.55. The Kier molecular flexibility index (Phi) is 6.23. The second-order valence-electron chi connectivity index (χ2n) is 5.34. The van der Waals surface area contributed by atoms with E-state index in [0.717, 1.165) is 38.7 Å². The summed E-state index contributed by atoms with van der Waals surface area (Å²) in [4.78, 5) is 0. The van der Waals surface area contributed by atoms with E-state index in [4.69, 9.17) is 13.6 Å². The van der Waals surface area contributed by atoms with Gasteiger partial charge >= 0.3 is 8.56 Å². The highest BCUT2D eigenvalue weighted by Crippen LogP contribution is 2.20. The van der Waals surface area contributed by atoms with Crippen LogP contribution in [0.3, 0.4) is 0 Å². The maximum atomic E-state index is 6.36. The first-order valence-electron chi connectivity index (χ1n) is 7.72. The molecule has 0 aliphatic carbocycles. The smallest absolute Gasteiger partial charge is 0.372 e. The van der Waals surface area contributed by atoms with Crippen molar-refractivity contribution < 1.29 is 13.6 Å². The maximum Gasteiger partial charge on any atom is 0.372 e. The standard InChI is InChI=1S/C16H26O3Si/c1-3-12-20(18-4-2,16-8-6-5-7-9-16)19-11-10-15-13-17-14-15/h5-9,15H,3-4,10-14H2,1-2H3. The molecular formula is C16H26O3Si. The van der Waals surface area contributed by atoms with Crippen LogP contribution >= 0.6 is 0 Å². The molecule has 1 aromatic rings. The van der Waals surface area contributed by atoms with Gasteiger partial charge in [0.15, 0.2) is 0 Å². The van der Waals surface area contributed by atoms with Crippen LogP contribution in [0.25, 0.3) is 0 Å². The zero-order chi connectivity index (χ0) is 14.3. The molecule has 0 bridgehead atoms. The first-order valence-corrected chi connectivity index (χ1v) is 9.74. The van der Waals surface area contributed by atoms with Crippen molar-refractivity contribution in [3.05, 3.63) is 30.3 Å². The van der Waals surface area contributed by atoms with Crippen LogP contribution in [-0.4, -0.2) is 35.0 Å². The minimum Gasteiger partial charge on any atom is -0.391 e. The molecule has 1 fully saturated rings. The van der Waals surface area contributed by atoms with Gasteiger partial charge in [0.25, 0.3) is 0 Å². The van der Waals surface area contributed by atoms with E-state index >= 15 is 0 Å². The number of hydrogen-bond acceptors (Lipinski definition) is 3. The lowest BCUT2D eigenvalue weighted by Gasteiger charge is -2.32. The normalized spacial score (nSPS) is 18.5. The molecule has 0 spiro atoms. The van der Waals surface area contributed by atoms with Crippen LogP contribution in [0.5, 0.6) is 0 Å². The second-order valence-corrected chi connectivity index (χ2v) is 8.50. The predicted octanol–water partition coefficient (Wildman–Crippen LogP) is 2.84. The molecule has 1 heterocycles. The van der Waals surface area contributed by atoms with Crippen molar-refractivity contribution in [2.45, 2.75) is 32.7 Å². The summed E-state index contributed by atoms with van der Waals surface area (Å²) >= 11 is 0. The van der Waals surface area contributed by atoms with Crippen LogP contribution in [0.1, 0.15) is 26.7 Å². The lowest BCUT2D eigenvalue weighted by Crippen LogP contribution is -2.54. The third-order valence-electron chi connectivity index (χ3n) is 3.74. The van der Waals surface area contributed by atoms with Crippen molar-refractivity contribution in [3.8, 4) is 0 Å². The fourth-order valence-electron chi connectivity index (χ4n) is 2.59. The van der Waals surface area contributed by atoms with E-state index in [1.165, 1.54) is 5.19 Å². The Bertz CT molecular complexity index is 373. The van der Waals surface area contributed by atoms with Gasteiger partial charge in [-0.2, -0.15) is 0 Å². The summed E-state index contributed by atoms with van der Waals surface area (Å²) in [5.74, 6) is 0.681. The van der Waals surface area contributed by atoms with Gasteiger partial charge in [-0.3, -0.25) is 0 Å². The highest BCUT2D eigenvalue weighted by molar-refractivity contribution is 6.81. The van der Waals surface area contributed by atoms with Crippen LogP contribution < -0.4 is 5.19 Å². The topological polar surface area (TPSA) is 27.7 Å². The lowest BCUT2D eigenvalue weighted by molar-refractivity contribution is -0.0416. The summed E-state index contributed by atoms with van der Waals surface area (Å²) in [5.41, 5.74) is 0. The van der Waals surface area contributed by atoms with Crippen LogP contribution in [0.15, 0.2) is 30.3 Å². The van der Waals surface area contributed by atoms with Gasteiger partial charge in [-0.1, -0.05) is 43.7 Å². The predicted molar refractivity (Wildman–Crippen MR) is 83.4 cm³/mol. The SMILES string of the molecule is CCC[Si](OCC)(OCCC1COC1)c1ccccc1. The minimum atomic E-state index is -2.27. The molecule has 20 heavy (non-hydrogen) atoms.